The quantitative estimate of drug-likeness (QED) is 0.902. The molecule has 0 fully saturated rings. The van der Waals surface area contributed by atoms with Gasteiger partial charge in [0.2, 0.25) is 5.91 Å². The standard InChI is InChI=1S/C17H20FN3O2S/c1-21-8-7-13-15(10-21)24-17(19-13)20-16(22)6-4-11-3-5-14(23-2)12(18)9-11/h3,5,9H,4,6-8,10H2,1-2H3,(H,19,20,22). The number of hydrogen-bond donors (Lipinski definition) is 1. The van der Waals surface area contributed by atoms with E-state index < -0.39 is 5.82 Å². The summed E-state index contributed by atoms with van der Waals surface area (Å²) in [6, 6.07) is 4.76. The number of hydrogen-bond acceptors (Lipinski definition) is 5. The smallest absolute Gasteiger partial charge is 0.226 e. The molecule has 3 rings (SSSR count). The van der Waals surface area contributed by atoms with Gasteiger partial charge in [-0.1, -0.05) is 6.07 Å². The van der Waals surface area contributed by atoms with Gasteiger partial charge in [0, 0.05) is 30.8 Å². The number of halogens is 1. The van der Waals surface area contributed by atoms with E-state index in [0.717, 1.165) is 30.8 Å². The molecule has 1 aliphatic heterocycles. The van der Waals surface area contributed by atoms with Crippen LogP contribution in [0.15, 0.2) is 18.2 Å². The summed E-state index contributed by atoms with van der Waals surface area (Å²) in [5.41, 5.74) is 1.86. The Labute approximate surface area is 144 Å². The van der Waals surface area contributed by atoms with Gasteiger partial charge in [0.25, 0.3) is 0 Å². The number of likely N-dealkylation sites (N-methyl/N-ethyl adjacent to an activating group) is 1. The third kappa shape index (κ3) is 3.91. The fourth-order valence-electron chi connectivity index (χ4n) is 2.68. The van der Waals surface area contributed by atoms with E-state index in [0.29, 0.717) is 11.6 Å². The molecule has 1 aromatic carbocycles. The third-order valence-corrected chi connectivity index (χ3v) is 5.02. The molecule has 0 aliphatic carbocycles. The van der Waals surface area contributed by atoms with Crippen molar-refractivity contribution in [3.63, 3.8) is 0 Å². The average molecular weight is 349 g/mol. The van der Waals surface area contributed by atoms with Crippen LogP contribution in [0.1, 0.15) is 22.6 Å². The van der Waals surface area contributed by atoms with Crippen LogP contribution >= 0.6 is 11.3 Å². The first-order valence-corrected chi connectivity index (χ1v) is 8.66. The van der Waals surface area contributed by atoms with Crippen molar-refractivity contribution in [2.45, 2.75) is 25.8 Å². The maximum absolute atomic E-state index is 13.6. The van der Waals surface area contributed by atoms with E-state index in [1.165, 1.54) is 29.4 Å². The lowest BCUT2D eigenvalue weighted by Crippen LogP contribution is -2.25. The van der Waals surface area contributed by atoms with Crippen molar-refractivity contribution in [1.29, 1.82) is 0 Å². The van der Waals surface area contributed by atoms with Gasteiger partial charge in [-0.15, -0.1) is 11.3 Å². The summed E-state index contributed by atoms with van der Waals surface area (Å²) in [7, 11) is 3.51. The molecule has 0 radical (unpaired) electrons. The summed E-state index contributed by atoms with van der Waals surface area (Å²) < 4.78 is 18.5. The van der Waals surface area contributed by atoms with Crippen molar-refractivity contribution < 1.29 is 13.9 Å². The zero-order valence-corrected chi connectivity index (χ0v) is 14.6. The van der Waals surface area contributed by atoms with Crippen LogP contribution in [0.4, 0.5) is 9.52 Å². The van der Waals surface area contributed by atoms with Crippen LogP contribution in [-0.2, 0) is 24.2 Å². The van der Waals surface area contributed by atoms with Gasteiger partial charge in [-0.25, -0.2) is 9.37 Å². The topological polar surface area (TPSA) is 54.5 Å². The molecular weight excluding hydrogens is 329 g/mol. The molecular formula is C17H20FN3O2S. The number of thiazole rings is 1. The van der Waals surface area contributed by atoms with E-state index in [9.17, 15) is 9.18 Å². The lowest BCUT2D eigenvalue weighted by Gasteiger charge is -2.20. The maximum atomic E-state index is 13.6. The number of amides is 1. The number of fused-ring (bicyclic) bond motifs is 1. The minimum atomic E-state index is -0.410. The molecule has 0 bridgehead atoms. The largest absolute Gasteiger partial charge is 0.494 e. The van der Waals surface area contributed by atoms with Gasteiger partial charge in [0.1, 0.15) is 0 Å². The van der Waals surface area contributed by atoms with Crippen molar-refractivity contribution in [1.82, 2.24) is 9.88 Å². The first-order chi connectivity index (χ1) is 11.5. The Balaban J connectivity index is 1.55. The van der Waals surface area contributed by atoms with Crippen LogP contribution in [-0.4, -0.2) is 36.5 Å². The van der Waals surface area contributed by atoms with Gasteiger partial charge in [0.05, 0.1) is 12.8 Å². The van der Waals surface area contributed by atoms with E-state index in [1.807, 2.05) is 0 Å². The minimum absolute atomic E-state index is 0.106. The van der Waals surface area contributed by atoms with Gasteiger partial charge in [-0.05, 0) is 31.2 Å². The van der Waals surface area contributed by atoms with Crippen molar-refractivity contribution in [3.05, 3.63) is 40.2 Å². The van der Waals surface area contributed by atoms with Gasteiger partial charge >= 0.3 is 0 Å². The zero-order chi connectivity index (χ0) is 17.1. The van der Waals surface area contributed by atoms with Crippen LogP contribution in [0.3, 0.4) is 0 Å². The maximum Gasteiger partial charge on any atom is 0.226 e. The van der Waals surface area contributed by atoms with Crippen molar-refractivity contribution in [2.24, 2.45) is 0 Å². The second-order valence-corrected chi connectivity index (χ2v) is 6.98. The SMILES string of the molecule is COc1ccc(CCC(=O)Nc2nc3c(s2)CN(C)CC3)cc1F. The first-order valence-electron chi connectivity index (χ1n) is 7.84. The van der Waals surface area contributed by atoms with Gasteiger partial charge in [-0.3, -0.25) is 4.79 Å². The molecule has 0 spiro atoms. The second kappa shape index (κ2) is 7.27. The highest BCUT2D eigenvalue weighted by Crippen LogP contribution is 2.27. The highest BCUT2D eigenvalue weighted by atomic mass is 32.1. The Morgan fingerprint density at radius 1 is 1.50 bits per heavy atom. The summed E-state index contributed by atoms with van der Waals surface area (Å²) in [5, 5.41) is 3.51. The fourth-order valence-corrected chi connectivity index (χ4v) is 3.79. The Kier molecular flexibility index (Phi) is 5.11. The Morgan fingerprint density at radius 3 is 3.08 bits per heavy atom. The molecule has 2 aromatic rings. The van der Waals surface area contributed by atoms with Crippen molar-refractivity contribution >= 4 is 22.4 Å². The van der Waals surface area contributed by atoms with Crippen LogP contribution in [0.25, 0.3) is 0 Å². The van der Waals surface area contributed by atoms with Crippen molar-refractivity contribution in [3.8, 4) is 5.75 Å². The Morgan fingerprint density at radius 2 is 2.33 bits per heavy atom. The normalized spacial score (nSPS) is 14.3. The highest BCUT2D eigenvalue weighted by Gasteiger charge is 2.19. The van der Waals surface area contributed by atoms with Crippen LogP contribution < -0.4 is 10.1 Å². The fraction of sp³-hybridized carbons (Fsp3) is 0.412. The molecule has 0 unspecified atom stereocenters. The number of methoxy groups -OCH3 is 1. The second-order valence-electron chi connectivity index (χ2n) is 5.89. The molecule has 5 nitrogen and oxygen atoms in total. The number of carbonyl (C=O) groups excluding carboxylic acids is 1. The third-order valence-electron chi connectivity index (χ3n) is 4.03. The molecule has 1 aliphatic rings. The molecule has 1 N–H and O–H groups in total. The monoisotopic (exact) mass is 349 g/mol. The number of carbonyl (C=O) groups is 1. The molecule has 1 aromatic heterocycles. The van der Waals surface area contributed by atoms with Crippen molar-refractivity contribution in [2.75, 3.05) is 26.0 Å². The molecule has 2 heterocycles. The number of ether oxygens (including phenoxy) is 1. The Hall–Kier alpha value is -1.99. The average Bonchev–Trinajstić information content (AvgIpc) is 2.94. The van der Waals surface area contributed by atoms with E-state index in [4.69, 9.17) is 4.74 Å². The van der Waals surface area contributed by atoms with Crippen LogP contribution in [0.5, 0.6) is 5.75 Å². The number of nitrogens with zero attached hydrogens (tertiary/aromatic N) is 2. The van der Waals surface area contributed by atoms with E-state index >= 15 is 0 Å². The molecule has 0 saturated carbocycles. The first kappa shape index (κ1) is 16.9. The number of aromatic nitrogens is 1. The summed E-state index contributed by atoms with van der Waals surface area (Å²) in [4.78, 5) is 20.1. The number of benzene rings is 1. The minimum Gasteiger partial charge on any atom is -0.494 e. The number of aryl methyl sites for hydroxylation is 1. The molecule has 1 amide bonds. The molecule has 24 heavy (non-hydrogen) atoms. The van der Waals surface area contributed by atoms with Gasteiger partial charge in [-0.2, -0.15) is 0 Å². The predicted octanol–water partition coefficient (Wildman–Crippen LogP) is 2.85. The van der Waals surface area contributed by atoms with E-state index in [-0.39, 0.29) is 18.1 Å². The summed E-state index contributed by atoms with van der Waals surface area (Å²) in [6.07, 6.45) is 1.68. The summed E-state index contributed by atoms with van der Waals surface area (Å²) in [5.74, 6) is -0.306. The predicted molar refractivity (Wildman–Crippen MR) is 92.1 cm³/mol. The highest BCUT2D eigenvalue weighted by molar-refractivity contribution is 7.15. The molecule has 0 atom stereocenters. The van der Waals surface area contributed by atoms with Crippen LogP contribution in [0.2, 0.25) is 0 Å². The zero-order valence-electron chi connectivity index (χ0n) is 13.8. The van der Waals surface area contributed by atoms with E-state index in [2.05, 4.69) is 22.2 Å². The molecule has 7 heteroatoms. The number of nitrogens with one attached hydrogen (secondary N) is 1. The number of rotatable bonds is 5. The van der Waals surface area contributed by atoms with Gasteiger partial charge < -0.3 is 15.0 Å². The molecule has 128 valence electrons. The molecule has 0 saturated heterocycles. The Bertz CT molecular complexity index is 747. The van der Waals surface area contributed by atoms with E-state index in [1.54, 1.807) is 12.1 Å². The summed E-state index contributed by atoms with van der Waals surface area (Å²) in [6.45, 7) is 1.88. The van der Waals surface area contributed by atoms with Crippen LogP contribution in [0, 0.1) is 5.82 Å². The number of anilines is 1. The lowest BCUT2D eigenvalue weighted by molar-refractivity contribution is -0.116. The lowest BCUT2D eigenvalue weighted by atomic mass is 10.1. The van der Waals surface area contributed by atoms with Gasteiger partial charge in [0.15, 0.2) is 16.7 Å². The summed E-state index contributed by atoms with van der Waals surface area (Å²) >= 11 is 1.54.